The summed E-state index contributed by atoms with van der Waals surface area (Å²) in [6.45, 7) is 1.75. The number of aliphatic carboxylic acids is 1. The van der Waals surface area contributed by atoms with E-state index in [-0.39, 0.29) is 18.6 Å². The summed E-state index contributed by atoms with van der Waals surface area (Å²) in [5.41, 5.74) is -1.67. The number of benzene rings is 1. The molecular formula is C14H16F2O3. The van der Waals surface area contributed by atoms with Crippen molar-refractivity contribution in [1.82, 2.24) is 0 Å². The van der Waals surface area contributed by atoms with Crippen LogP contribution in [0.25, 0.3) is 0 Å². The van der Waals surface area contributed by atoms with Crippen molar-refractivity contribution in [1.29, 1.82) is 0 Å². The molecule has 0 amide bonds. The van der Waals surface area contributed by atoms with Gasteiger partial charge < -0.3 is 9.84 Å². The third-order valence-corrected chi connectivity index (χ3v) is 3.85. The van der Waals surface area contributed by atoms with E-state index in [1.165, 1.54) is 24.3 Å². The van der Waals surface area contributed by atoms with Crippen LogP contribution >= 0.6 is 0 Å². The Kier molecular flexibility index (Phi) is 3.58. The van der Waals surface area contributed by atoms with Crippen LogP contribution in [0.15, 0.2) is 30.3 Å². The van der Waals surface area contributed by atoms with Crippen molar-refractivity contribution in [3.05, 3.63) is 35.9 Å². The Morgan fingerprint density at radius 1 is 1.47 bits per heavy atom. The van der Waals surface area contributed by atoms with Gasteiger partial charge in [-0.3, -0.25) is 4.79 Å². The van der Waals surface area contributed by atoms with E-state index in [2.05, 4.69) is 0 Å². The summed E-state index contributed by atoms with van der Waals surface area (Å²) < 4.78 is 33.7. The zero-order valence-electron chi connectivity index (χ0n) is 10.6. The Morgan fingerprint density at radius 3 is 2.58 bits per heavy atom. The molecule has 0 bridgehead atoms. The molecule has 1 heterocycles. The van der Waals surface area contributed by atoms with Crippen LogP contribution in [0.5, 0.6) is 0 Å². The van der Waals surface area contributed by atoms with Gasteiger partial charge in [-0.1, -0.05) is 30.3 Å². The number of rotatable bonds is 4. The van der Waals surface area contributed by atoms with Gasteiger partial charge in [-0.15, -0.1) is 0 Å². The molecule has 5 heteroatoms. The molecule has 1 N–H and O–H groups in total. The second kappa shape index (κ2) is 4.89. The van der Waals surface area contributed by atoms with Crippen LogP contribution in [0, 0.1) is 5.41 Å². The molecule has 1 fully saturated rings. The first kappa shape index (κ1) is 13.9. The molecule has 0 aromatic heterocycles. The number of ether oxygens (including phenoxy) is 1. The van der Waals surface area contributed by atoms with Gasteiger partial charge in [0.2, 0.25) is 0 Å². The molecule has 1 aliphatic rings. The maximum atomic E-state index is 14.3. The van der Waals surface area contributed by atoms with E-state index >= 15 is 0 Å². The average molecular weight is 270 g/mol. The van der Waals surface area contributed by atoms with E-state index in [0.717, 1.165) is 0 Å². The topological polar surface area (TPSA) is 46.5 Å². The SMILES string of the molecule is CC1OCCC1(CC(F)(F)c1ccccc1)C(=O)O. The molecule has 1 saturated heterocycles. The lowest BCUT2D eigenvalue weighted by Gasteiger charge is -2.31. The van der Waals surface area contributed by atoms with Gasteiger partial charge in [-0.05, 0) is 13.3 Å². The first-order valence-electron chi connectivity index (χ1n) is 6.17. The van der Waals surface area contributed by atoms with Crippen LogP contribution in [0.4, 0.5) is 8.78 Å². The molecule has 0 saturated carbocycles. The van der Waals surface area contributed by atoms with Gasteiger partial charge in [0, 0.05) is 18.6 Å². The minimum atomic E-state index is -3.18. The monoisotopic (exact) mass is 270 g/mol. The number of carboxylic acids is 1. The molecule has 1 aromatic carbocycles. The van der Waals surface area contributed by atoms with Crippen molar-refractivity contribution in [2.75, 3.05) is 6.61 Å². The lowest BCUT2D eigenvalue weighted by atomic mass is 9.75. The second-order valence-corrected chi connectivity index (χ2v) is 4.97. The summed E-state index contributed by atoms with van der Waals surface area (Å²) in [7, 11) is 0. The highest BCUT2D eigenvalue weighted by atomic mass is 19.3. The van der Waals surface area contributed by atoms with Crippen LogP contribution < -0.4 is 0 Å². The predicted octanol–water partition coefficient (Wildman–Crippen LogP) is 3.05. The molecule has 1 aromatic rings. The van der Waals surface area contributed by atoms with Crippen LogP contribution in [0.1, 0.15) is 25.3 Å². The minimum absolute atomic E-state index is 0.117. The maximum Gasteiger partial charge on any atom is 0.312 e. The number of alkyl halides is 2. The third-order valence-electron chi connectivity index (χ3n) is 3.85. The van der Waals surface area contributed by atoms with Crippen molar-refractivity contribution >= 4 is 5.97 Å². The quantitative estimate of drug-likeness (QED) is 0.914. The van der Waals surface area contributed by atoms with Crippen molar-refractivity contribution in [2.45, 2.75) is 31.8 Å². The lowest BCUT2D eigenvalue weighted by molar-refractivity contribution is -0.160. The van der Waals surface area contributed by atoms with Crippen molar-refractivity contribution < 1.29 is 23.4 Å². The van der Waals surface area contributed by atoms with E-state index in [9.17, 15) is 18.7 Å². The van der Waals surface area contributed by atoms with Crippen LogP contribution in [-0.2, 0) is 15.5 Å². The van der Waals surface area contributed by atoms with Gasteiger partial charge in [0.05, 0.1) is 6.10 Å². The molecular weight excluding hydrogens is 254 g/mol. The maximum absolute atomic E-state index is 14.3. The fourth-order valence-electron chi connectivity index (χ4n) is 2.55. The summed E-state index contributed by atoms with van der Waals surface area (Å²) in [5.74, 6) is -4.39. The smallest absolute Gasteiger partial charge is 0.312 e. The highest BCUT2D eigenvalue weighted by molar-refractivity contribution is 5.76. The highest BCUT2D eigenvalue weighted by Crippen LogP contribution is 2.47. The molecule has 1 aliphatic heterocycles. The molecule has 0 spiro atoms. The second-order valence-electron chi connectivity index (χ2n) is 4.97. The molecule has 2 unspecified atom stereocenters. The zero-order chi connectivity index (χ0) is 14.1. The van der Waals surface area contributed by atoms with E-state index in [1.54, 1.807) is 13.0 Å². The molecule has 0 radical (unpaired) electrons. The fraction of sp³-hybridized carbons (Fsp3) is 0.500. The Labute approximate surface area is 110 Å². The summed E-state index contributed by atoms with van der Waals surface area (Å²) in [6.07, 6.45) is -1.33. The number of halogens is 2. The standard InChI is InChI=1S/C14H16F2O3/c1-10-13(12(17)18,7-8-19-10)9-14(15,16)11-5-3-2-4-6-11/h2-6,10H,7-9H2,1H3,(H,17,18). The lowest BCUT2D eigenvalue weighted by Crippen LogP contribution is -2.41. The van der Waals surface area contributed by atoms with Gasteiger partial charge in [0.1, 0.15) is 5.41 Å². The van der Waals surface area contributed by atoms with Crippen molar-refractivity contribution in [3.8, 4) is 0 Å². The predicted molar refractivity (Wildman–Crippen MR) is 65.1 cm³/mol. The fourth-order valence-corrected chi connectivity index (χ4v) is 2.55. The van der Waals surface area contributed by atoms with Crippen LogP contribution in [0.3, 0.4) is 0 Å². The number of hydrogen-bond donors (Lipinski definition) is 1. The number of hydrogen-bond acceptors (Lipinski definition) is 2. The minimum Gasteiger partial charge on any atom is -0.481 e. The van der Waals surface area contributed by atoms with Gasteiger partial charge in [-0.25, -0.2) is 8.78 Å². The summed E-state index contributed by atoms with van der Waals surface area (Å²) in [5, 5.41) is 9.33. The molecule has 0 aliphatic carbocycles. The normalized spacial score (nSPS) is 27.4. The van der Waals surface area contributed by atoms with Gasteiger partial charge in [-0.2, -0.15) is 0 Å². The van der Waals surface area contributed by atoms with Gasteiger partial charge in [0.15, 0.2) is 0 Å². The summed E-state index contributed by atoms with van der Waals surface area (Å²) in [6, 6.07) is 7.32. The Balaban J connectivity index is 2.30. The number of carbonyl (C=O) groups is 1. The number of carboxylic acid groups (broad SMARTS) is 1. The van der Waals surface area contributed by atoms with Crippen molar-refractivity contribution in [3.63, 3.8) is 0 Å². The molecule has 3 nitrogen and oxygen atoms in total. The van der Waals surface area contributed by atoms with Crippen LogP contribution in [0.2, 0.25) is 0 Å². The van der Waals surface area contributed by atoms with Gasteiger partial charge in [0.25, 0.3) is 5.92 Å². The molecule has 104 valence electrons. The van der Waals surface area contributed by atoms with E-state index in [4.69, 9.17) is 4.74 Å². The Bertz CT molecular complexity index is 461. The Hall–Kier alpha value is -1.49. The Morgan fingerprint density at radius 2 is 2.11 bits per heavy atom. The molecule has 2 atom stereocenters. The van der Waals surface area contributed by atoms with Crippen molar-refractivity contribution in [2.24, 2.45) is 5.41 Å². The van der Waals surface area contributed by atoms with E-state index in [1.807, 2.05) is 0 Å². The highest BCUT2D eigenvalue weighted by Gasteiger charge is 2.54. The zero-order valence-corrected chi connectivity index (χ0v) is 10.6. The average Bonchev–Trinajstić information content (AvgIpc) is 2.72. The summed E-state index contributed by atoms with van der Waals surface area (Å²) >= 11 is 0. The third kappa shape index (κ3) is 2.47. The molecule has 19 heavy (non-hydrogen) atoms. The first-order valence-corrected chi connectivity index (χ1v) is 6.17. The van der Waals surface area contributed by atoms with Gasteiger partial charge >= 0.3 is 5.97 Å². The summed E-state index contributed by atoms with van der Waals surface area (Å²) in [4.78, 5) is 11.4. The first-order chi connectivity index (χ1) is 8.88. The van der Waals surface area contributed by atoms with E-state index < -0.39 is 29.8 Å². The van der Waals surface area contributed by atoms with E-state index in [0.29, 0.717) is 0 Å². The van der Waals surface area contributed by atoms with Crippen LogP contribution in [-0.4, -0.2) is 23.8 Å². The molecule has 2 rings (SSSR count). The largest absolute Gasteiger partial charge is 0.481 e.